The first kappa shape index (κ1) is 14.0. The average molecular weight is 251 g/mol. The Kier molecular flexibility index (Phi) is 6.04. The molecule has 0 aliphatic carbocycles. The third-order valence-corrected chi connectivity index (χ3v) is 3.34. The lowest BCUT2D eigenvalue weighted by Crippen LogP contribution is -2.27. The number of rotatable bonds is 3. The second-order valence-electron chi connectivity index (χ2n) is 4.38. The van der Waals surface area contributed by atoms with Crippen LogP contribution in [0.25, 0.3) is 0 Å². The first-order valence-corrected chi connectivity index (χ1v) is 6.07. The maximum Gasteiger partial charge on any atom is 0.0625 e. The van der Waals surface area contributed by atoms with Gasteiger partial charge in [0.05, 0.1) is 6.07 Å². The van der Waals surface area contributed by atoms with Crippen molar-refractivity contribution in [3.05, 3.63) is 35.4 Å². The van der Waals surface area contributed by atoms with E-state index in [2.05, 4.69) is 35.7 Å². The van der Waals surface area contributed by atoms with Gasteiger partial charge in [-0.2, -0.15) is 5.26 Å². The van der Waals surface area contributed by atoms with Crippen LogP contribution in [0.1, 0.15) is 36.3 Å². The molecule has 92 valence electrons. The van der Waals surface area contributed by atoms with Crippen molar-refractivity contribution in [2.24, 2.45) is 0 Å². The Hall–Kier alpha value is -1.04. The van der Waals surface area contributed by atoms with Crippen molar-refractivity contribution in [3.8, 4) is 6.07 Å². The van der Waals surface area contributed by atoms with E-state index in [-0.39, 0.29) is 12.4 Å². The summed E-state index contributed by atoms with van der Waals surface area (Å²) in [4.78, 5) is 0. The minimum Gasteiger partial charge on any atom is -0.317 e. The van der Waals surface area contributed by atoms with Crippen LogP contribution in [0.2, 0.25) is 0 Å². The van der Waals surface area contributed by atoms with E-state index in [4.69, 9.17) is 5.26 Å². The van der Waals surface area contributed by atoms with Gasteiger partial charge in [-0.1, -0.05) is 24.3 Å². The molecule has 0 unspecified atom stereocenters. The van der Waals surface area contributed by atoms with Gasteiger partial charge < -0.3 is 5.32 Å². The molecule has 0 radical (unpaired) electrons. The van der Waals surface area contributed by atoms with Crippen LogP contribution in [0.15, 0.2) is 24.3 Å². The van der Waals surface area contributed by atoms with Gasteiger partial charge in [0.1, 0.15) is 0 Å². The number of halogens is 1. The number of nitrogens with one attached hydrogen (secondary N) is 1. The molecule has 0 saturated carbocycles. The predicted molar refractivity (Wildman–Crippen MR) is 72.5 cm³/mol. The SMILES string of the molecule is Cl.N#CCCc1ccccc1C1CCNCC1. The van der Waals surface area contributed by atoms with Crippen LogP contribution in [0.3, 0.4) is 0 Å². The number of nitrogens with zero attached hydrogens (tertiary/aromatic N) is 1. The molecule has 1 heterocycles. The summed E-state index contributed by atoms with van der Waals surface area (Å²) in [5, 5.41) is 12.1. The molecule has 0 aromatic heterocycles. The van der Waals surface area contributed by atoms with Crippen molar-refractivity contribution in [3.63, 3.8) is 0 Å². The molecule has 1 N–H and O–H groups in total. The topological polar surface area (TPSA) is 35.8 Å². The standard InChI is InChI=1S/C14H18N2.ClH/c15-9-3-5-12-4-1-2-6-14(12)13-7-10-16-11-8-13;/h1-2,4,6,13,16H,3,5,7-8,10-11H2;1H. The van der Waals surface area contributed by atoms with E-state index in [0.717, 1.165) is 19.5 Å². The molecule has 0 atom stereocenters. The van der Waals surface area contributed by atoms with Crippen LogP contribution < -0.4 is 5.32 Å². The van der Waals surface area contributed by atoms with Gasteiger partial charge in [-0.05, 0) is 49.4 Å². The minimum atomic E-state index is 0. The highest BCUT2D eigenvalue weighted by Crippen LogP contribution is 2.28. The molecule has 17 heavy (non-hydrogen) atoms. The Morgan fingerprint density at radius 1 is 1.24 bits per heavy atom. The number of piperidine rings is 1. The molecule has 0 bridgehead atoms. The van der Waals surface area contributed by atoms with Crippen LogP contribution in [-0.4, -0.2) is 13.1 Å². The minimum absolute atomic E-state index is 0. The summed E-state index contributed by atoms with van der Waals surface area (Å²) >= 11 is 0. The van der Waals surface area contributed by atoms with Gasteiger partial charge in [-0.15, -0.1) is 12.4 Å². The lowest BCUT2D eigenvalue weighted by Gasteiger charge is -2.25. The zero-order chi connectivity index (χ0) is 11.2. The second kappa shape index (κ2) is 7.32. The molecule has 1 aromatic rings. The predicted octanol–water partition coefficient (Wildman–Crippen LogP) is 3.03. The van der Waals surface area contributed by atoms with Crippen LogP contribution in [0.5, 0.6) is 0 Å². The van der Waals surface area contributed by atoms with Gasteiger partial charge in [-0.25, -0.2) is 0 Å². The first-order chi connectivity index (χ1) is 7.92. The van der Waals surface area contributed by atoms with E-state index in [1.165, 1.54) is 24.0 Å². The Morgan fingerprint density at radius 2 is 1.94 bits per heavy atom. The normalized spacial score (nSPS) is 15.9. The molecule has 1 aliphatic heterocycles. The fraction of sp³-hybridized carbons (Fsp3) is 0.500. The van der Waals surface area contributed by atoms with Crippen LogP contribution >= 0.6 is 12.4 Å². The van der Waals surface area contributed by atoms with Gasteiger partial charge in [0.25, 0.3) is 0 Å². The molecule has 3 heteroatoms. The van der Waals surface area contributed by atoms with Crippen molar-refractivity contribution in [2.75, 3.05) is 13.1 Å². The van der Waals surface area contributed by atoms with Gasteiger partial charge in [0.15, 0.2) is 0 Å². The van der Waals surface area contributed by atoms with Crippen molar-refractivity contribution >= 4 is 12.4 Å². The van der Waals surface area contributed by atoms with E-state index in [1.54, 1.807) is 0 Å². The van der Waals surface area contributed by atoms with E-state index < -0.39 is 0 Å². The number of hydrogen-bond donors (Lipinski definition) is 1. The quantitative estimate of drug-likeness (QED) is 0.895. The van der Waals surface area contributed by atoms with Crippen molar-refractivity contribution in [1.82, 2.24) is 5.32 Å². The van der Waals surface area contributed by atoms with Crippen LogP contribution in [-0.2, 0) is 6.42 Å². The highest BCUT2D eigenvalue weighted by molar-refractivity contribution is 5.85. The highest BCUT2D eigenvalue weighted by atomic mass is 35.5. The average Bonchev–Trinajstić information content (AvgIpc) is 2.38. The van der Waals surface area contributed by atoms with Crippen molar-refractivity contribution < 1.29 is 0 Å². The van der Waals surface area contributed by atoms with Gasteiger partial charge in [-0.3, -0.25) is 0 Å². The van der Waals surface area contributed by atoms with E-state index in [9.17, 15) is 0 Å². The molecular formula is C14H19ClN2. The Bertz CT molecular complexity index is 378. The molecular weight excluding hydrogens is 232 g/mol. The van der Waals surface area contributed by atoms with Gasteiger partial charge >= 0.3 is 0 Å². The Labute approximate surface area is 109 Å². The summed E-state index contributed by atoms with van der Waals surface area (Å²) < 4.78 is 0. The van der Waals surface area contributed by atoms with Crippen molar-refractivity contribution in [2.45, 2.75) is 31.6 Å². The van der Waals surface area contributed by atoms with E-state index in [0.29, 0.717) is 12.3 Å². The maximum absolute atomic E-state index is 8.67. The summed E-state index contributed by atoms with van der Waals surface area (Å²) in [6.45, 7) is 2.24. The molecule has 0 spiro atoms. The van der Waals surface area contributed by atoms with Crippen LogP contribution in [0, 0.1) is 11.3 Å². The fourth-order valence-corrected chi connectivity index (χ4v) is 2.48. The molecule has 0 amide bonds. The largest absolute Gasteiger partial charge is 0.317 e. The monoisotopic (exact) mass is 250 g/mol. The summed E-state index contributed by atoms with van der Waals surface area (Å²) in [6, 6.07) is 10.8. The number of hydrogen-bond acceptors (Lipinski definition) is 2. The summed E-state index contributed by atoms with van der Waals surface area (Å²) in [5.41, 5.74) is 2.84. The lowest BCUT2D eigenvalue weighted by molar-refractivity contribution is 0.458. The van der Waals surface area contributed by atoms with Gasteiger partial charge in [0, 0.05) is 6.42 Å². The van der Waals surface area contributed by atoms with Crippen molar-refractivity contribution in [1.29, 1.82) is 5.26 Å². The Morgan fingerprint density at radius 3 is 2.65 bits per heavy atom. The number of nitriles is 1. The smallest absolute Gasteiger partial charge is 0.0625 e. The molecule has 2 nitrogen and oxygen atoms in total. The number of benzene rings is 1. The Balaban J connectivity index is 0.00000144. The summed E-state index contributed by atoms with van der Waals surface area (Å²) in [5.74, 6) is 0.691. The lowest BCUT2D eigenvalue weighted by atomic mass is 9.86. The third-order valence-electron chi connectivity index (χ3n) is 3.34. The third kappa shape index (κ3) is 3.73. The zero-order valence-corrected chi connectivity index (χ0v) is 10.8. The zero-order valence-electron chi connectivity index (χ0n) is 9.98. The first-order valence-electron chi connectivity index (χ1n) is 6.07. The molecule has 1 fully saturated rings. The van der Waals surface area contributed by atoms with E-state index >= 15 is 0 Å². The van der Waals surface area contributed by atoms with Gasteiger partial charge in [0.2, 0.25) is 0 Å². The molecule has 1 aromatic carbocycles. The molecule has 1 saturated heterocycles. The second-order valence-corrected chi connectivity index (χ2v) is 4.38. The molecule has 1 aliphatic rings. The summed E-state index contributed by atoms with van der Waals surface area (Å²) in [6.07, 6.45) is 3.98. The van der Waals surface area contributed by atoms with E-state index in [1.807, 2.05) is 0 Å². The number of aryl methyl sites for hydroxylation is 1. The summed E-state index contributed by atoms with van der Waals surface area (Å²) in [7, 11) is 0. The van der Waals surface area contributed by atoms with Crippen LogP contribution in [0.4, 0.5) is 0 Å². The fourth-order valence-electron chi connectivity index (χ4n) is 2.48. The highest BCUT2D eigenvalue weighted by Gasteiger charge is 2.17. The maximum atomic E-state index is 8.67. The molecule has 2 rings (SSSR count).